The van der Waals surface area contributed by atoms with Gasteiger partial charge < -0.3 is 11.1 Å². The van der Waals surface area contributed by atoms with Crippen LogP contribution in [0.1, 0.15) is 23.2 Å². The molecule has 112 valence electrons. The van der Waals surface area contributed by atoms with Gasteiger partial charge >= 0.3 is 0 Å². The first-order chi connectivity index (χ1) is 8.87. The smallest absolute Gasteiger partial charge is 0.253 e. The van der Waals surface area contributed by atoms with Gasteiger partial charge in [-0.3, -0.25) is 4.79 Å². The number of rotatable bonds is 2. The topological polar surface area (TPSA) is 89.3 Å². The first kappa shape index (κ1) is 17.3. The predicted octanol–water partition coefficient (Wildman–Crippen LogP) is 1.76. The summed E-state index contributed by atoms with van der Waals surface area (Å²) in [6, 6.07) is 4.66. The van der Waals surface area contributed by atoms with E-state index in [2.05, 4.69) is 21.2 Å². The number of benzene rings is 1. The number of sulfone groups is 1. The molecule has 1 unspecified atom stereocenters. The Morgan fingerprint density at radius 2 is 2.10 bits per heavy atom. The summed E-state index contributed by atoms with van der Waals surface area (Å²) in [5.74, 6) is -0.110. The molecule has 0 radical (unpaired) electrons. The molecule has 0 saturated carbocycles. The maximum atomic E-state index is 12.1. The number of carbonyl (C=O) groups excluding carboxylic acids is 1. The van der Waals surface area contributed by atoms with E-state index in [0.29, 0.717) is 24.1 Å². The largest absolute Gasteiger partial charge is 0.398 e. The molecule has 1 heterocycles. The summed E-state index contributed by atoms with van der Waals surface area (Å²) in [5.41, 5.74) is 6.50. The lowest BCUT2D eigenvalue weighted by atomic mass is 10.1. The minimum atomic E-state index is -3.03. The van der Waals surface area contributed by atoms with Gasteiger partial charge in [0.15, 0.2) is 9.84 Å². The molecule has 1 aliphatic heterocycles. The van der Waals surface area contributed by atoms with E-state index in [4.69, 9.17) is 5.73 Å². The van der Waals surface area contributed by atoms with Gasteiger partial charge in [0.05, 0.1) is 17.1 Å². The van der Waals surface area contributed by atoms with E-state index in [1.165, 1.54) is 0 Å². The molecule has 20 heavy (non-hydrogen) atoms. The lowest BCUT2D eigenvalue weighted by Crippen LogP contribution is -2.43. The van der Waals surface area contributed by atoms with Crippen LogP contribution in [0, 0.1) is 0 Å². The SMILES string of the molecule is Cl.Nc1cc(Br)ccc1C(=O)NC1CCCS(=O)(=O)C1. The van der Waals surface area contributed by atoms with E-state index >= 15 is 0 Å². The average molecular weight is 384 g/mol. The van der Waals surface area contributed by atoms with Crippen molar-refractivity contribution in [3.63, 3.8) is 0 Å². The molecule has 0 bridgehead atoms. The molecule has 3 N–H and O–H groups in total. The van der Waals surface area contributed by atoms with Crippen molar-refractivity contribution in [2.45, 2.75) is 18.9 Å². The van der Waals surface area contributed by atoms with Crippen molar-refractivity contribution in [1.29, 1.82) is 0 Å². The second-order valence-electron chi connectivity index (χ2n) is 4.66. The number of nitrogens with one attached hydrogen (secondary N) is 1. The highest BCUT2D eigenvalue weighted by Gasteiger charge is 2.26. The fraction of sp³-hybridized carbons (Fsp3) is 0.417. The first-order valence-electron chi connectivity index (χ1n) is 5.94. The molecule has 1 fully saturated rings. The van der Waals surface area contributed by atoms with Crippen LogP contribution in [0.15, 0.2) is 22.7 Å². The quantitative estimate of drug-likeness (QED) is 0.762. The van der Waals surface area contributed by atoms with Crippen molar-refractivity contribution in [2.75, 3.05) is 17.2 Å². The highest BCUT2D eigenvalue weighted by molar-refractivity contribution is 9.10. The molecule has 1 saturated heterocycles. The van der Waals surface area contributed by atoms with E-state index in [1.54, 1.807) is 18.2 Å². The van der Waals surface area contributed by atoms with Gasteiger partial charge in [-0.1, -0.05) is 15.9 Å². The van der Waals surface area contributed by atoms with E-state index in [-0.39, 0.29) is 35.9 Å². The molecule has 1 aromatic rings. The predicted molar refractivity (Wildman–Crippen MR) is 84.9 cm³/mol. The summed E-state index contributed by atoms with van der Waals surface area (Å²) in [5, 5.41) is 2.74. The molecule has 1 aromatic carbocycles. The number of nitrogens with two attached hydrogens (primary N) is 1. The molecule has 1 atom stereocenters. The molecule has 2 rings (SSSR count). The lowest BCUT2D eigenvalue weighted by molar-refractivity contribution is 0.0939. The van der Waals surface area contributed by atoms with Crippen LogP contribution in [-0.4, -0.2) is 31.9 Å². The van der Waals surface area contributed by atoms with E-state index in [0.717, 1.165) is 4.47 Å². The standard InChI is InChI=1S/C12H15BrN2O3S.ClH/c13-8-3-4-10(11(14)6-8)12(16)15-9-2-1-5-19(17,18)7-9;/h3-4,6,9H,1-2,5,7,14H2,(H,15,16);1H. The number of nitrogen functional groups attached to an aromatic ring is 1. The van der Waals surface area contributed by atoms with Crippen LogP contribution in [0.5, 0.6) is 0 Å². The number of hydrogen-bond acceptors (Lipinski definition) is 4. The zero-order valence-corrected chi connectivity index (χ0v) is 13.9. The molecule has 8 heteroatoms. The Morgan fingerprint density at radius 3 is 2.70 bits per heavy atom. The van der Waals surface area contributed by atoms with Crippen LogP contribution in [0.2, 0.25) is 0 Å². The molecule has 1 aliphatic rings. The number of anilines is 1. The van der Waals surface area contributed by atoms with Crippen molar-refractivity contribution in [1.82, 2.24) is 5.32 Å². The van der Waals surface area contributed by atoms with E-state index in [1.807, 2.05) is 0 Å². The molecule has 5 nitrogen and oxygen atoms in total. The summed E-state index contributed by atoms with van der Waals surface area (Å²) in [6.07, 6.45) is 1.27. The van der Waals surface area contributed by atoms with Gasteiger partial charge in [-0.25, -0.2) is 8.42 Å². The minimum Gasteiger partial charge on any atom is -0.398 e. The second-order valence-corrected chi connectivity index (χ2v) is 7.80. The third kappa shape index (κ3) is 4.36. The highest BCUT2D eigenvalue weighted by Crippen LogP contribution is 2.19. The van der Waals surface area contributed by atoms with Gasteiger partial charge in [-0.2, -0.15) is 0 Å². The maximum Gasteiger partial charge on any atom is 0.253 e. The fourth-order valence-corrected chi connectivity index (χ4v) is 4.16. The number of carbonyl (C=O) groups is 1. The summed E-state index contributed by atoms with van der Waals surface area (Å²) in [7, 11) is -3.03. The monoisotopic (exact) mass is 382 g/mol. The van der Waals surface area contributed by atoms with Crippen molar-refractivity contribution in [3.05, 3.63) is 28.2 Å². The second kappa shape index (κ2) is 6.78. The summed E-state index contributed by atoms with van der Waals surface area (Å²) >= 11 is 3.27. The average Bonchev–Trinajstić information content (AvgIpc) is 2.27. The molecule has 0 aromatic heterocycles. The molecule has 0 aliphatic carbocycles. The third-order valence-corrected chi connectivity index (χ3v) is 5.37. The van der Waals surface area contributed by atoms with Crippen molar-refractivity contribution in [3.8, 4) is 0 Å². The highest BCUT2D eigenvalue weighted by atomic mass is 79.9. The van der Waals surface area contributed by atoms with E-state index < -0.39 is 9.84 Å². The number of amides is 1. The normalized spacial score (nSPS) is 20.8. The van der Waals surface area contributed by atoms with Crippen LogP contribution < -0.4 is 11.1 Å². The summed E-state index contributed by atoms with van der Waals surface area (Å²) in [6.45, 7) is 0. The van der Waals surface area contributed by atoms with Gasteiger partial charge in [-0.05, 0) is 31.0 Å². The minimum absolute atomic E-state index is 0. The molecular formula is C12H16BrClN2O3S. The number of hydrogen-bond donors (Lipinski definition) is 2. The molecule has 1 amide bonds. The Balaban J connectivity index is 0.00000200. The van der Waals surface area contributed by atoms with Crippen molar-refractivity contribution < 1.29 is 13.2 Å². The van der Waals surface area contributed by atoms with Crippen LogP contribution >= 0.6 is 28.3 Å². The Bertz CT molecular complexity index is 607. The zero-order valence-electron chi connectivity index (χ0n) is 10.6. The number of halogens is 2. The van der Waals surface area contributed by atoms with Gasteiger partial charge in [0, 0.05) is 16.2 Å². The first-order valence-corrected chi connectivity index (χ1v) is 8.55. The fourth-order valence-electron chi connectivity index (χ4n) is 2.14. The zero-order chi connectivity index (χ0) is 14.0. The Kier molecular flexibility index (Phi) is 5.85. The Labute approximate surface area is 132 Å². The van der Waals surface area contributed by atoms with Gasteiger partial charge in [0.2, 0.25) is 0 Å². The van der Waals surface area contributed by atoms with Crippen molar-refractivity contribution in [2.24, 2.45) is 0 Å². The van der Waals surface area contributed by atoms with Crippen LogP contribution in [-0.2, 0) is 9.84 Å². The Hall–Kier alpha value is -0.790. The summed E-state index contributed by atoms with van der Waals surface area (Å²) in [4.78, 5) is 12.1. The Morgan fingerprint density at radius 1 is 1.40 bits per heavy atom. The van der Waals surface area contributed by atoms with Crippen LogP contribution in [0.3, 0.4) is 0 Å². The molecular weight excluding hydrogens is 368 g/mol. The van der Waals surface area contributed by atoms with Gasteiger partial charge in [0.25, 0.3) is 5.91 Å². The maximum absolute atomic E-state index is 12.1. The summed E-state index contributed by atoms with van der Waals surface area (Å²) < 4.78 is 23.8. The third-order valence-electron chi connectivity index (χ3n) is 3.06. The van der Waals surface area contributed by atoms with Crippen molar-refractivity contribution >= 4 is 49.8 Å². The van der Waals surface area contributed by atoms with Gasteiger partial charge in [-0.15, -0.1) is 12.4 Å². The van der Waals surface area contributed by atoms with Crippen LogP contribution in [0.4, 0.5) is 5.69 Å². The van der Waals surface area contributed by atoms with Crippen LogP contribution in [0.25, 0.3) is 0 Å². The molecule has 0 spiro atoms. The lowest BCUT2D eigenvalue weighted by Gasteiger charge is -2.23. The van der Waals surface area contributed by atoms with Gasteiger partial charge in [0.1, 0.15) is 0 Å². The van der Waals surface area contributed by atoms with E-state index in [9.17, 15) is 13.2 Å².